The second kappa shape index (κ2) is 8.11. The summed E-state index contributed by atoms with van der Waals surface area (Å²) in [6.45, 7) is 3.53. The van der Waals surface area contributed by atoms with Crippen LogP contribution in [-0.2, 0) is 11.3 Å². The smallest absolute Gasteiger partial charge is 0.357 e. The first-order valence-electron chi connectivity index (χ1n) is 8.47. The maximum atomic E-state index is 12.4. The summed E-state index contributed by atoms with van der Waals surface area (Å²) >= 11 is 0. The molecule has 27 heavy (non-hydrogen) atoms. The molecule has 0 atom stereocenters. The highest BCUT2D eigenvalue weighted by atomic mass is 19.3. The Morgan fingerprint density at radius 3 is 2.85 bits per heavy atom. The maximum Gasteiger partial charge on any atom is 0.357 e. The van der Waals surface area contributed by atoms with E-state index in [1.807, 2.05) is 12.1 Å². The Morgan fingerprint density at radius 1 is 1.30 bits per heavy atom. The Labute approximate surface area is 154 Å². The molecule has 3 aromatic rings. The highest BCUT2D eigenvalue weighted by molar-refractivity contribution is 6.01. The van der Waals surface area contributed by atoms with Gasteiger partial charge in [-0.3, -0.25) is 4.68 Å². The highest BCUT2D eigenvalue weighted by Gasteiger charge is 2.15. The van der Waals surface area contributed by atoms with Crippen molar-refractivity contribution in [3.05, 3.63) is 53.5 Å². The van der Waals surface area contributed by atoms with Crippen LogP contribution in [0.15, 0.2) is 36.7 Å². The van der Waals surface area contributed by atoms with Crippen LogP contribution in [0.3, 0.4) is 0 Å². The normalized spacial score (nSPS) is 11.1. The zero-order valence-corrected chi connectivity index (χ0v) is 15.0. The number of nitrogens with zero attached hydrogens (tertiary/aromatic N) is 3. The summed E-state index contributed by atoms with van der Waals surface area (Å²) in [6.07, 6.45) is 0.695. The number of aromatic nitrogens is 3. The predicted octanol–water partition coefficient (Wildman–Crippen LogP) is 3.61. The fourth-order valence-corrected chi connectivity index (χ4v) is 2.68. The van der Waals surface area contributed by atoms with Crippen LogP contribution in [0.4, 0.5) is 8.78 Å². The summed E-state index contributed by atoms with van der Waals surface area (Å²) in [6, 6.07) is 7.11. The van der Waals surface area contributed by atoms with Gasteiger partial charge < -0.3 is 9.47 Å². The fraction of sp³-hybridized carbons (Fsp3) is 0.316. The van der Waals surface area contributed by atoms with Gasteiger partial charge in [-0.2, -0.15) is 5.10 Å². The van der Waals surface area contributed by atoms with Crippen LogP contribution >= 0.6 is 0 Å². The molecule has 3 rings (SSSR count). The Balaban J connectivity index is 1.86. The minimum Gasteiger partial charge on any atom is -0.487 e. The summed E-state index contributed by atoms with van der Waals surface area (Å²) < 4.78 is 36.6. The second-order valence-corrected chi connectivity index (χ2v) is 5.94. The molecule has 0 radical (unpaired) electrons. The molecule has 6 nitrogen and oxygen atoms in total. The lowest BCUT2D eigenvalue weighted by molar-refractivity contribution is 0.0522. The molecule has 0 amide bonds. The number of halogens is 2. The molecule has 0 N–H and O–H groups in total. The van der Waals surface area contributed by atoms with Crippen LogP contribution in [0.25, 0.3) is 10.9 Å². The van der Waals surface area contributed by atoms with E-state index in [-0.39, 0.29) is 12.3 Å². The van der Waals surface area contributed by atoms with Gasteiger partial charge in [0.25, 0.3) is 6.43 Å². The van der Waals surface area contributed by atoms with E-state index < -0.39 is 19.0 Å². The van der Waals surface area contributed by atoms with Gasteiger partial charge in [0.1, 0.15) is 12.4 Å². The first-order valence-corrected chi connectivity index (χ1v) is 8.47. The number of fused-ring (bicyclic) bond motifs is 1. The van der Waals surface area contributed by atoms with Gasteiger partial charge in [0.2, 0.25) is 0 Å². The van der Waals surface area contributed by atoms with E-state index in [0.29, 0.717) is 23.2 Å². The van der Waals surface area contributed by atoms with Crippen LogP contribution in [0.1, 0.15) is 28.5 Å². The number of hydrogen-bond donors (Lipinski definition) is 0. The third kappa shape index (κ3) is 4.39. The Morgan fingerprint density at radius 2 is 2.11 bits per heavy atom. The van der Waals surface area contributed by atoms with Crippen molar-refractivity contribution in [3.63, 3.8) is 0 Å². The molecule has 0 bridgehead atoms. The van der Waals surface area contributed by atoms with Crippen LogP contribution in [0.5, 0.6) is 5.75 Å². The monoisotopic (exact) mass is 375 g/mol. The minimum atomic E-state index is -2.53. The number of hydrogen-bond acceptors (Lipinski definition) is 5. The third-order valence-corrected chi connectivity index (χ3v) is 3.91. The number of carbonyl (C=O) groups is 1. The number of ether oxygens (including phenoxy) is 2. The molecule has 2 heterocycles. The van der Waals surface area contributed by atoms with E-state index in [2.05, 4.69) is 10.1 Å². The van der Waals surface area contributed by atoms with Crippen molar-refractivity contribution in [2.75, 3.05) is 13.2 Å². The standard InChI is InChI=1S/C19H19F2N3O3/c1-3-26-19(25)18-14-10-24(23-15(14)6-7-22-18)9-13-5-4-12(2)16(8-13)27-11-17(20)21/h4-8,10,17H,3,9,11H2,1-2H3. The average Bonchev–Trinajstić information content (AvgIpc) is 3.04. The molecule has 0 unspecified atom stereocenters. The largest absolute Gasteiger partial charge is 0.487 e. The summed E-state index contributed by atoms with van der Waals surface area (Å²) in [5.41, 5.74) is 2.45. The van der Waals surface area contributed by atoms with Gasteiger partial charge in [-0.1, -0.05) is 12.1 Å². The van der Waals surface area contributed by atoms with Crippen molar-refractivity contribution in [2.24, 2.45) is 0 Å². The summed E-state index contributed by atoms with van der Waals surface area (Å²) in [5.74, 6) is -0.0842. The van der Waals surface area contributed by atoms with Crippen LogP contribution in [0, 0.1) is 6.92 Å². The first-order chi connectivity index (χ1) is 13.0. The molecular formula is C19H19F2N3O3. The lowest BCUT2D eigenvalue weighted by Gasteiger charge is -2.10. The topological polar surface area (TPSA) is 66.2 Å². The molecule has 0 saturated heterocycles. The number of rotatable bonds is 7. The Bertz CT molecular complexity index is 957. The number of pyridine rings is 1. The van der Waals surface area contributed by atoms with Gasteiger partial charge in [-0.15, -0.1) is 0 Å². The van der Waals surface area contributed by atoms with E-state index in [4.69, 9.17) is 9.47 Å². The van der Waals surface area contributed by atoms with Crippen molar-refractivity contribution in [3.8, 4) is 5.75 Å². The van der Waals surface area contributed by atoms with Crippen LogP contribution in [0.2, 0.25) is 0 Å². The van der Waals surface area contributed by atoms with E-state index >= 15 is 0 Å². The lowest BCUT2D eigenvalue weighted by Crippen LogP contribution is -2.08. The van der Waals surface area contributed by atoms with E-state index in [9.17, 15) is 13.6 Å². The van der Waals surface area contributed by atoms with Crippen LogP contribution in [-0.4, -0.2) is 40.4 Å². The third-order valence-electron chi connectivity index (χ3n) is 3.91. The SMILES string of the molecule is CCOC(=O)c1nccc2nn(Cc3ccc(C)c(OCC(F)F)c3)cc12. The molecule has 0 fully saturated rings. The van der Waals surface area contributed by atoms with Gasteiger partial charge in [0.05, 0.1) is 24.1 Å². The molecule has 0 aliphatic rings. The minimum absolute atomic E-state index is 0.213. The molecule has 8 heteroatoms. The average molecular weight is 375 g/mol. The quantitative estimate of drug-likeness (QED) is 0.590. The van der Waals surface area contributed by atoms with Gasteiger partial charge >= 0.3 is 5.97 Å². The summed E-state index contributed by atoms with van der Waals surface area (Å²) in [4.78, 5) is 16.1. The summed E-state index contributed by atoms with van der Waals surface area (Å²) in [5, 5.41) is 5.04. The second-order valence-electron chi connectivity index (χ2n) is 5.94. The zero-order valence-electron chi connectivity index (χ0n) is 15.0. The van der Waals surface area contributed by atoms with Crippen molar-refractivity contribution in [2.45, 2.75) is 26.8 Å². The van der Waals surface area contributed by atoms with Crippen molar-refractivity contribution >= 4 is 16.9 Å². The predicted molar refractivity (Wildman–Crippen MR) is 95.3 cm³/mol. The molecule has 0 aliphatic heterocycles. The van der Waals surface area contributed by atoms with Gasteiger partial charge in [0, 0.05) is 12.4 Å². The Hall–Kier alpha value is -3.03. The van der Waals surface area contributed by atoms with Gasteiger partial charge in [-0.05, 0) is 37.1 Å². The van der Waals surface area contributed by atoms with Gasteiger partial charge in [-0.25, -0.2) is 18.6 Å². The van der Waals surface area contributed by atoms with Crippen LogP contribution < -0.4 is 4.74 Å². The first kappa shape index (κ1) is 18.8. The number of esters is 1. The molecule has 0 spiro atoms. The number of benzene rings is 1. The van der Waals surface area contributed by atoms with Crippen molar-refractivity contribution in [1.82, 2.24) is 14.8 Å². The molecule has 0 saturated carbocycles. The molecule has 142 valence electrons. The number of alkyl halides is 2. The molecule has 2 aromatic heterocycles. The molecule has 0 aliphatic carbocycles. The lowest BCUT2D eigenvalue weighted by atomic mass is 10.1. The number of aryl methyl sites for hydroxylation is 1. The van der Waals surface area contributed by atoms with Crippen molar-refractivity contribution in [1.29, 1.82) is 0 Å². The van der Waals surface area contributed by atoms with E-state index in [1.165, 1.54) is 6.20 Å². The molecule has 1 aromatic carbocycles. The number of carbonyl (C=O) groups excluding carboxylic acids is 1. The zero-order chi connectivity index (χ0) is 19.4. The highest BCUT2D eigenvalue weighted by Crippen LogP contribution is 2.22. The summed E-state index contributed by atoms with van der Waals surface area (Å²) in [7, 11) is 0. The van der Waals surface area contributed by atoms with E-state index in [1.54, 1.807) is 36.9 Å². The van der Waals surface area contributed by atoms with Gasteiger partial charge in [0.15, 0.2) is 5.69 Å². The Kier molecular flexibility index (Phi) is 5.63. The fourth-order valence-electron chi connectivity index (χ4n) is 2.68. The molecular weight excluding hydrogens is 356 g/mol. The maximum absolute atomic E-state index is 12.4. The van der Waals surface area contributed by atoms with Crippen molar-refractivity contribution < 1.29 is 23.0 Å². The van der Waals surface area contributed by atoms with E-state index in [0.717, 1.165) is 11.1 Å².